The second-order valence-corrected chi connectivity index (χ2v) is 4.14. The number of aromatic nitrogens is 1. The van der Waals surface area contributed by atoms with Crippen molar-refractivity contribution in [1.82, 2.24) is 4.98 Å². The van der Waals surface area contributed by atoms with Crippen LogP contribution in [0.15, 0.2) is 12.1 Å². The van der Waals surface area contributed by atoms with Crippen molar-refractivity contribution < 1.29 is 4.39 Å². The van der Waals surface area contributed by atoms with Gasteiger partial charge in [-0.05, 0) is 30.9 Å². The maximum Gasteiger partial charge on any atom is 0.213 e. The van der Waals surface area contributed by atoms with Gasteiger partial charge in [0.2, 0.25) is 5.95 Å². The second kappa shape index (κ2) is 3.13. The molecule has 0 fully saturated rings. The molecule has 1 atom stereocenters. The van der Waals surface area contributed by atoms with Crippen LogP contribution in [0.1, 0.15) is 28.9 Å². The number of fused-ring (bicyclic) bond motifs is 1. The molecule has 0 saturated carbocycles. The highest BCUT2D eigenvalue weighted by atomic mass is 79.9. The minimum Gasteiger partial charge on any atom is -0.223 e. The molecule has 64 valence electrons. The van der Waals surface area contributed by atoms with Crippen LogP contribution in [0.4, 0.5) is 4.39 Å². The van der Waals surface area contributed by atoms with Crippen LogP contribution in [0.2, 0.25) is 0 Å². The van der Waals surface area contributed by atoms with Crippen LogP contribution in [-0.2, 0) is 6.42 Å². The number of halogens is 2. The Labute approximate surface area is 79.1 Å². The molecule has 1 heterocycles. The molecule has 0 amide bonds. The standard InChI is InChI=1S/C9H9BrFN/c10-7-3-1-2-6-4-5-8(11)12-9(6)7/h4-5,7H,1-3H2. The van der Waals surface area contributed by atoms with Crippen molar-refractivity contribution in [2.45, 2.75) is 24.1 Å². The minimum atomic E-state index is -0.375. The summed E-state index contributed by atoms with van der Waals surface area (Å²) in [4.78, 5) is 4.13. The minimum absolute atomic E-state index is 0.247. The largest absolute Gasteiger partial charge is 0.223 e. The van der Waals surface area contributed by atoms with Crippen molar-refractivity contribution >= 4 is 15.9 Å². The van der Waals surface area contributed by atoms with Gasteiger partial charge >= 0.3 is 0 Å². The lowest BCUT2D eigenvalue weighted by Gasteiger charge is -2.18. The Hall–Kier alpha value is -0.440. The fourth-order valence-corrected chi connectivity index (χ4v) is 2.29. The molecule has 12 heavy (non-hydrogen) atoms. The molecular weight excluding hydrogens is 221 g/mol. The van der Waals surface area contributed by atoms with Crippen LogP contribution < -0.4 is 0 Å². The van der Waals surface area contributed by atoms with Crippen LogP contribution in [0, 0.1) is 5.95 Å². The second-order valence-electron chi connectivity index (χ2n) is 3.04. The van der Waals surface area contributed by atoms with E-state index in [1.54, 1.807) is 0 Å². The summed E-state index contributed by atoms with van der Waals surface area (Å²) in [7, 11) is 0. The van der Waals surface area contributed by atoms with Gasteiger partial charge in [-0.2, -0.15) is 4.39 Å². The van der Waals surface area contributed by atoms with Gasteiger partial charge in [0.15, 0.2) is 0 Å². The molecule has 1 aromatic heterocycles. The van der Waals surface area contributed by atoms with E-state index in [1.165, 1.54) is 11.6 Å². The predicted molar refractivity (Wildman–Crippen MR) is 48.8 cm³/mol. The highest BCUT2D eigenvalue weighted by Gasteiger charge is 2.19. The Morgan fingerprint density at radius 3 is 3.17 bits per heavy atom. The van der Waals surface area contributed by atoms with E-state index in [4.69, 9.17) is 0 Å². The molecule has 0 saturated heterocycles. The van der Waals surface area contributed by atoms with Gasteiger partial charge in [0.05, 0.1) is 10.5 Å². The van der Waals surface area contributed by atoms with Gasteiger partial charge in [-0.25, -0.2) is 4.98 Å². The zero-order chi connectivity index (χ0) is 8.55. The first-order valence-corrected chi connectivity index (χ1v) is 4.98. The summed E-state index contributed by atoms with van der Waals surface area (Å²) >= 11 is 3.49. The molecule has 1 nitrogen and oxygen atoms in total. The molecule has 1 aliphatic rings. The molecule has 0 N–H and O–H groups in total. The smallest absolute Gasteiger partial charge is 0.213 e. The Kier molecular flexibility index (Phi) is 2.13. The highest BCUT2D eigenvalue weighted by Crippen LogP contribution is 2.34. The van der Waals surface area contributed by atoms with Gasteiger partial charge in [0.25, 0.3) is 0 Å². The van der Waals surface area contributed by atoms with Crippen molar-refractivity contribution in [3.63, 3.8) is 0 Å². The van der Waals surface area contributed by atoms with Crippen molar-refractivity contribution in [3.8, 4) is 0 Å². The van der Waals surface area contributed by atoms with Crippen molar-refractivity contribution in [2.75, 3.05) is 0 Å². The molecule has 1 unspecified atom stereocenters. The Morgan fingerprint density at radius 1 is 1.50 bits per heavy atom. The number of hydrogen-bond donors (Lipinski definition) is 0. The van der Waals surface area contributed by atoms with E-state index in [0.29, 0.717) is 0 Å². The molecule has 1 aliphatic carbocycles. The Balaban J connectivity index is 2.47. The molecule has 3 heteroatoms. The lowest BCUT2D eigenvalue weighted by molar-refractivity contribution is 0.560. The van der Waals surface area contributed by atoms with E-state index in [-0.39, 0.29) is 10.8 Å². The summed E-state index contributed by atoms with van der Waals surface area (Å²) in [6.07, 6.45) is 3.25. The van der Waals surface area contributed by atoms with Crippen molar-refractivity contribution in [2.24, 2.45) is 0 Å². The first-order valence-electron chi connectivity index (χ1n) is 4.07. The van der Waals surface area contributed by atoms with E-state index in [1.807, 2.05) is 6.07 Å². The molecule has 0 spiro atoms. The van der Waals surface area contributed by atoms with Crippen molar-refractivity contribution in [1.29, 1.82) is 0 Å². The summed E-state index contributed by atoms with van der Waals surface area (Å²) in [5.74, 6) is -0.375. The van der Waals surface area contributed by atoms with E-state index in [2.05, 4.69) is 20.9 Å². The van der Waals surface area contributed by atoms with Gasteiger partial charge < -0.3 is 0 Å². The molecular formula is C9H9BrFN. The van der Waals surface area contributed by atoms with Gasteiger partial charge in [0, 0.05) is 0 Å². The average molecular weight is 230 g/mol. The highest BCUT2D eigenvalue weighted by molar-refractivity contribution is 9.09. The number of aryl methyl sites for hydroxylation is 1. The summed E-state index contributed by atoms with van der Waals surface area (Å²) < 4.78 is 12.7. The van der Waals surface area contributed by atoms with Crippen LogP contribution >= 0.6 is 15.9 Å². The first kappa shape index (κ1) is 8.17. The Morgan fingerprint density at radius 2 is 2.33 bits per heavy atom. The maximum absolute atomic E-state index is 12.7. The lowest BCUT2D eigenvalue weighted by atomic mass is 9.96. The molecule has 1 aromatic rings. The van der Waals surface area contributed by atoms with E-state index >= 15 is 0 Å². The third kappa shape index (κ3) is 1.38. The van der Waals surface area contributed by atoms with Crippen LogP contribution in [0.3, 0.4) is 0 Å². The fraction of sp³-hybridized carbons (Fsp3) is 0.444. The Bertz CT molecular complexity index is 301. The molecule has 0 bridgehead atoms. The summed E-state index contributed by atoms with van der Waals surface area (Å²) in [6, 6.07) is 3.27. The fourth-order valence-electron chi connectivity index (χ4n) is 1.57. The van der Waals surface area contributed by atoms with Crippen LogP contribution in [-0.4, -0.2) is 4.98 Å². The van der Waals surface area contributed by atoms with Crippen molar-refractivity contribution in [3.05, 3.63) is 29.3 Å². The third-order valence-corrected chi connectivity index (χ3v) is 3.07. The number of nitrogens with zero attached hydrogens (tertiary/aromatic N) is 1. The molecule has 0 aromatic carbocycles. The van der Waals surface area contributed by atoms with Gasteiger partial charge in [-0.3, -0.25) is 0 Å². The number of alkyl halides is 1. The number of rotatable bonds is 0. The normalized spacial score (nSPS) is 22.0. The molecule has 2 rings (SSSR count). The number of hydrogen-bond acceptors (Lipinski definition) is 1. The first-order chi connectivity index (χ1) is 5.77. The molecule has 0 radical (unpaired) electrons. The van der Waals surface area contributed by atoms with E-state index in [9.17, 15) is 4.39 Å². The van der Waals surface area contributed by atoms with Gasteiger partial charge in [-0.1, -0.05) is 22.0 Å². The van der Waals surface area contributed by atoms with E-state index < -0.39 is 0 Å². The quantitative estimate of drug-likeness (QED) is 0.493. The van der Waals surface area contributed by atoms with Crippen LogP contribution in [0.5, 0.6) is 0 Å². The lowest BCUT2D eigenvalue weighted by Crippen LogP contribution is -2.08. The zero-order valence-electron chi connectivity index (χ0n) is 6.56. The zero-order valence-corrected chi connectivity index (χ0v) is 8.14. The van der Waals surface area contributed by atoms with Gasteiger partial charge in [0.1, 0.15) is 0 Å². The predicted octanol–water partition coefficient (Wildman–Crippen LogP) is 2.99. The average Bonchev–Trinajstić information content (AvgIpc) is 2.07. The van der Waals surface area contributed by atoms with E-state index in [0.717, 1.165) is 25.0 Å². The van der Waals surface area contributed by atoms with Crippen LogP contribution in [0.25, 0.3) is 0 Å². The summed E-state index contributed by atoms with van der Waals surface area (Å²) in [5.41, 5.74) is 2.07. The summed E-state index contributed by atoms with van der Waals surface area (Å²) in [6.45, 7) is 0. The molecule has 0 aliphatic heterocycles. The topological polar surface area (TPSA) is 12.9 Å². The summed E-state index contributed by atoms with van der Waals surface area (Å²) in [5, 5.41) is 0. The third-order valence-electron chi connectivity index (χ3n) is 2.18. The maximum atomic E-state index is 12.7. The number of pyridine rings is 1. The van der Waals surface area contributed by atoms with Gasteiger partial charge in [-0.15, -0.1) is 0 Å². The monoisotopic (exact) mass is 229 g/mol. The SMILES string of the molecule is Fc1ccc2c(n1)C(Br)CCC2.